The first-order valence-electron chi connectivity index (χ1n) is 31.3. The van der Waals surface area contributed by atoms with E-state index < -0.39 is 0 Å². The molecule has 8 aromatic heterocycles. The van der Waals surface area contributed by atoms with Crippen LogP contribution in [0.25, 0.3) is 204 Å². The molecular formula is C84H46N4OS3. The molecule has 22 aromatic rings. The number of fused-ring (bicyclic) bond motifs is 28. The molecule has 5 nitrogen and oxygen atoms in total. The molecule has 0 N–H and O–H groups in total. The summed E-state index contributed by atoms with van der Waals surface area (Å²) in [5, 5.41) is 20.0. The molecule has 0 atom stereocenters. The molecule has 0 radical (unpaired) electrons. The highest BCUT2D eigenvalue weighted by Gasteiger charge is 2.26. The topological polar surface area (TPSA) is 32.9 Å². The van der Waals surface area contributed by atoms with Gasteiger partial charge in [0, 0.05) is 137 Å². The Labute approximate surface area is 535 Å². The first-order chi connectivity index (χ1) is 45.6. The molecule has 0 fully saturated rings. The minimum atomic E-state index is 0.885. The molecule has 0 amide bonds. The van der Waals surface area contributed by atoms with E-state index in [9.17, 15) is 0 Å². The molecule has 0 saturated heterocycles. The van der Waals surface area contributed by atoms with E-state index in [4.69, 9.17) is 4.42 Å². The van der Waals surface area contributed by atoms with Gasteiger partial charge in [0.05, 0.1) is 44.1 Å². The number of rotatable bonds is 5. The predicted octanol–water partition coefficient (Wildman–Crippen LogP) is 24.7. The number of para-hydroxylation sites is 5. The van der Waals surface area contributed by atoms with Crippen LogP contribution in [-0.4, -0.2) is 18.3 Å². The van der Waals surface area contributed by atoms with Crippen molar-refractivity contribution >= 4 is 204 Å². The van der Waals surface area contributed by atoms with Gasteiger partial charge in [0.15, 0.2) is 0 Å². The lowest BCUT2D eigenvalue weighted by Crippen LogP contribution is -1.95. The number of benzene rings is 14. The van der Waals surface area contributed by atoms with Crippen LogP contribution in [0.5, 0.6) is 0 Å². The quantitative estimate of drug-likeness (QED) is 0.169. The highest BCUT2D eigenvalue weighted by molar-refractivity contribution is 7.27. The van der Waals surface area contributed by atoms with Gasteiger partial charge in [-0.05, 0) is 139 Å². The van der Waals surface area contributed by atoms with Crippen LogP contribution in [0.3, 0.4) is 0 Å². The van der Waals surface area contributed by atoms with Gasteiger partial charge in [-0.25, -0.2) is 0 Å². The van der Waals surface area contributed by atoms with Crippen molar-refractivity contribution < 1.29 is 4.42 Å². The fourth-order valence-electron chi connectivity index (χ4n) is 16.1. The summed E-state index contributed by atoms with van der Waals surface area (Å²) < 4.78 is 24.2. The third kappa shape index (κ3) is 6.59. The lowest BCUT2D eigenvalue weighted by Gasteiger charge is -2.12. The van der Waals surface area contributed by atoms with Crippen LogP contribution in [0.2, 0.25) is 0 Å². The van der Waals surface area contributed by atoms with E-state index in [1.165, 1.54) is 153 Å². The van der Waals surface area contributed by atoms with Gasteiger partial charge in [0.1, 0.15) is 11.2 Å². The second-order valence-corrected chi connectivity index (χ2v) is 27.8. The number of thiophene rings is 3. The van der Waals surface area contributed by atoms with Crippen molar-refractivity contribution in [2.45, 2.75) is 0 Å². The zero-order valence-electron chi connectivity index (χ0n) is 49.0. The Bertz CT molecular complexity index is 7020. The van der Waals surface area contributed by atoms with Crippen LogP contribution in [0.1, 0.15) is 0 Å². The van der Waals surface area contributed by atoms with Crippen molar-refractivity contribution in [3.63, 3.8) is 0 Å². The summed E-state index contributed by atoms with van der Waals surface area (Å²) in [7, 11) is 0. The van der Waals surface area contributed by atoms with Crippen molar-refractivity contribution in [1.29, 1.82) is 0 Å². The first-order valence-corrected chi connectivity index (χ1v) is 33.7. The summed E-state index contributed by atoms with van der Waals surface area (Å²) in [4.78, 5) is 0. The Hall–Kier alpha value is -11.3. The van der Waals surface area contributed by atoms with E-state index in [-0.39, 0.29) is 0 Å². The second kappa shape index (κ2) is 18.2. The van der Waals surface area contributed by atoms with E-state index in [0.29, 0.717) is 0 Å². The Kier molecular flexibility index (Phi) is 9.82. The summed E-state index contributed by atoms with van der Waals surface area (Å²) in [6.07, 6.45) is 0. The molecule has 8 heterocycles. The molecule has 0 aliphatic rings. The van der Waals surface area contributed by atoms with Crippen molar-refractivity contribution in [2.24, 2.45) is 0 Å². The molecule has 0 saturated carbocycles. The molecule has 426 valence electrons. The second-order valence-electron chi connectivity index (χ2n) is 24.6. The minimum absolute atomic E-state index is 0.885. The lowest BCUT2D eigenvalue weighted by atomic mass is 10.0. The standard InChI is InChI=1S/C84H46N4OS3/c1-2-16-49(17-3-1)85-66-25-10-5-22-58(66)77-69(85)37-32-61-80-76(92-83(61)77)42-35-57-62-44-48(29-36-68(62)88(82(57)80)51-30-39-72-63(45-51)54-20-7-12-27-71(54)89-72)47-15-14-18-50(43-47)86-67-26-11-6-23-59(67)78-70(86)38-33-60-79-75(91-84(60)78)41-34-56-53-19-4-9-24-65(53)87(81(56)79)52-31-40-74-64(46-52)55-21-8-13-28-73(55)90-74/h1-46H. The third-order valence-electron chi connectivity index (χ3n) is 19.9. The molecule has 0 unspecified atom stereocenters. The summed E-state index contributed by atoms with van der Waals surface area (Å²) in [5.41, 5.74) is 18.3. The summed E-state index contributed by atoms with van der Waals surface area (Å²) in [6, 6.07) is 104. The van der Waals surface area contributed by atoms with Gasteiger partial charge >= 0.3 is 0 Å². The van der Waals surface area contributed by atoms with Gasteiger partial charge in [0.2, 0.25) is 0 Å². The van der Waals surface area contributed by atoms with Crippen LogP contribution >= 0.6 is 34.0 Å². The number of hydrogen-bond donors (Lipinski definition) is 0. The van der Waals surface area contributed by atoms with Crippen LogP contribution in [0, 0.1) is 0 Å². The fraction of sp³-hybridized carbons (Fsp3) is 0. The van der Waals surface area contributed by atoms with Gasteiger partial charge in [-0.15, -0.1) is 34.0 Å². The maximum Gasteiger partial charge on any atom is 0.135 e. The van der Waals surface area contributed by atoms with Crippen molar-refractivity contribution in [3.05, 3.63) is 279 Å². The maximum atomic E-state index is 6.45. The van der Waals surface area contributed by atoms with Crippen molar-refractivity contribution in [2.75, 3.05) is 0 Å². The molecule has 14 aromatic carbocycles. The summed E-state index contributed by atoms with van der Waals surface area (Å²) in [6.45, 7) is 0. The lowest BCUT2D eigenvalue weighted by molar-refractivity contribution is 0.669. The van der Waals surface area contributed by atoms with Crippen molar-refractivity contribution in [3.8, 4) is 33.9 Å². The average molecular weight is 1220 g/mol. The maximum absolute atomic E-state index is 6.45. The first kappa shape index (κ1) is 49.6. The number of nitrogens with zero attached hydrogens (tertiary/aromatic N) is 4. The van der Waals surface area contributed by atoms with E-state index in [2.05, 4.69) is 297 Å². The van der Waals surface area contributed by atoms with Crippen LogP contribution in [-0.2, 0) is 0 Å². The van der Waals surface area contributed by atoms with E-state index >= 15 is 0 Å². The Morgan fingerprint density at radius 1 is 0.217 bits per heavy atom. The van der Waals surface area contributed by atoms with Gasteiger partial charge in [0.25, 0.3) is 0 Å². The third-order valence-corrected chi connectivity index (χ3v) is 23.5. The Balaban J connectivity index is 0.743. The van der Waals surface area contributed by atoms with Crippen molar-refractivity contribution in [1.82, 2.24) is 18.3 Å². The molecule has 92 heavy (non-hydrogen) atoms. The van der Waals surface area contributed by atoms with Gasteiger partial charge in [-0.3, -0.25) is 0 Å². The van der Waals surface area contributed by atoms with Crippen LogP contribution in [0.4, 0.5) is 0 Å². The number of aromatic nitrogens is 4. The molecule has 0 aliphatic carbocycles. The van der Waals surface area contributed by atoms with E-state index in [1.807, 2.05) is 34.0 Å². The summed E-state index contributed by atoms with van der Waals surface area (Å²) in [5.74, 6) is 0. The Morgan fingerprint density at radius 3 is 1.40 bits per heavy atom. The molecule has 0 spiro atoms. The Morgan fingerprint density at radius 2 is 0.696 bits per heavy atom. The largest absolute Gasteiger partial charge is 0.456 e. The normalized spacial score (nSPS) is 12.6. The number of hydrogen-bond acceptors (Lipinski definition) is 4. The predicted molar refractivity (Wildman–Crippen MR) is 395 cm³/mol. The van der Waals surface area contributed by atoms with Crippen LogP contribution < -0.4 is 0 Å². The molecule has 8 heteroatoms. The van der Waals surface area contributed by atoms with Gasteiger partial charge in [-0.1, -0.05) is 152 Å². The van der Waals surface area contributed by atoms with Gasteiger partial charge < -0.3 is 22.7 Å². The smallest absolute Gasteiger partial charge is 0.135 e. The SMILES string of the molecule is c1ccc(-n2c3ccccc3c3c4sc5ccc6c7cc(-c8cccc(-n9c%10ccccc%10c%10c%11sc%12ccc%13c%14ccccc%14n(-c%14ccc%15sc%16ccccc%16c%15c%14)c%13c%12c%11ccc%109)c8)ccc7n(-c7ccc8oc9ccccc9c8c7)c6c5c4ccc32)cc1. The van der Waals surface area contributed by atoms with Crippen LogP contribution in [0.15, 0.2) is 283 Å². The zero-order chi connectivity index (χ0) is 59.6. The molecule has 0 aliphatic heterocycles. The summed E-state index contributed by atoms with van der Waals surface area (Å²) >= 11 is 5.70. The molecule has 0 bridgehead atoms. The van der Waals surface area contributed by atoms with E-state index in [1.54, 1.807) is 0 Å². The average Bonchev–Trinajstić information content (AvgIpc) is 1.55. The molecular weight excluding hydrogens is 1180 g/mol. The highest BCUT2D eigenvalue weighted by Crippen LogP contribution is 2.51. The zero-order valence-corrected chi connectivity index (χ0v) is 51.4. The minimum Gasteiger partial charge on any atom is -0.456 e. The highest BCUT2D eigenvalue weighted by atomic mass is 32.1. The number of furan rings is 1. The van der Waals surface area contributed by atoms with Gasteiger partial charge in [-0.2, -0.15) is 0 Å². The fourth-order valence-corrected chi connectivity index (χ4v) is 19.7. The molecule has 22 rings (SSSR count). The van der Waals surface area contributed by atoms with E-state index in [0.717, 1.165) is 50.1 Å². The monoisotopic (exact) mass is 1220 g/mol.